The molecule has 1 amide bonds. The molecule has 2 heterocycles. The van der Waals surface area contributed by atoms with Crippen molar-refractivity contribution in [2.45, 2.75) is 26.8 Å². The van der Waals surface area contributed by atoms with Gasteiger partial charge in [0.05, 0.1) is 11.6 Å². The minimum atomic E-state index is -0.906. The molecule has 1 atom stereocenters. The minimum absolute atomic E-state index is 0.00147. The van der Waals surface area contributed by atoms with Crippen molar-refractivity contribution in [2.75, 3.05) is 4.90 Å². The van der Waals surface area contributed by atoms with Crippen LogP contribution in [0.1, 0.15) is 33.3 Å². The van der Waals surface area contributed by atoms with Gasteiger partial charge in [-0.1, -0.05) is 59.4 Å². The van der Waals surface area contributed by atoms with Crippen LogP contribution in [0.15, 0.2) is 78.4 Å². The largest absolute Gasteiger partial charge is 0.507 e. The van der Waals surface area contributed by atoms with Gasteiger partial charge in [-0.25, -0.2) is 0 Å². The summed E-state index contributed by atoms with van der Waals surface area (Å²) in [6, 6.07) is 21.2. The number of hydrogen-bond donors (Lipinski definition) is 1. The lowest BCUT2D eigenvalue weighted by Gasteiger charge is -2.23. The molecule has 0 saturated carbocycles. The van der Waals surface area contributed by atoms with E-state index in [1.54, 1.807) is 37.3 Å². The van der Waals surface area contributed by atoms with Crippen LogP contribution < -0.4 is 9.64 Å². The molecule has 36 heavy (non-hydrogen) atoms. The first-order valence-corrected chi connectivity index (χ1v) is 12.2. The van der Waals surface area contributed by atoms with Gasteiger partial charge in [-0.05, 0) is 62.2 Å². The molecule has 3 aromatic carbocycles. The zero-order valence-electron chi connectivity index (χ0n) is 19.9. The fraction of sp³-hybridized carbons (Fsp3) is 0.143. The number of amides is 1. The molecular weight excluding hydrogens is 474 g/mol. The van der Waals surface area contributed by atoms with E-state index in [0.717, 1.165) is 11.1 Å². The lowest BCUT2D eigenvalue weighted by Crippen LogP contribution is -2.29. The third-order valence-corrected chi connectivity index (χ3v) is 6.80. The Morgan fingerprint density at radius 3 is 2.39 bits per heavy atom. The van der Waals surface area contributed by atoms with Crippen LogP contribution >= 0.6 is 11.3 Å². The number of anilines is 1. The second-order valence-electron chi connectivity index (χ2n) is 8.58. The van der Waals surface area contributed by atoms with Gasteiger partial charge >= 0.3 is 5.91 Å². The first kappa shape index (κ1) is 23.4. The lowest BCUT2D eigenvalue weighted by atomic mass is 9.93. The number of hydrogen-bond acceptors (Lipinski definition) is 7. The van der Waals surface area contributed by atoms with E-state index in [0.29, 0.717) is 27.6 Å². The van der Waals surface area contributed by atoms with Crippen LogP contribution in [0.25, 0.3) is 5.76 Å². The molecule has 1 aliphatic rings. The molecule has 1 N–H and O–H groups in total. The van der Waals surface area contributed by atoms with Crippen LogP contribution in [0.2, 0.25) is 0 Å². The first-order valence-electron chi connectivity index (χ1n) is 11.3. The van der Waals surface area contributed by atoms with Crippen molar-refractivity contribution < 1.29 is 19.4 Å². The number of benzene rings is 3. The van der Waals surface area contributed by atoms with Crippen molar-refractivity contribution in [2.24, 2.45) is 0 Å². The number of rotatable bonds is 5. The molecule has 5 rings (SSSR count). The summed E-state index contributed by atoms with van der Waals surface area (Å²) in [5, 5.41) is 20.5. The molecule has 1 aromatic heterocycles. The number of aromatic nitrogens is 2. The van der Waals surface area contributed by atoms with E-state index in [1.165, 1.54) is 16.2 Å². The highest BCUT2D eigenvalue weighted by Gasteiger charge is 2.48. The maximum absolute atomic E-state index is 13.4. The van der Waals surface area contributed by atoms with Gasteiger partial charge in [0.2, 0.25) is 5.13 Å². The molecule has 0 spiro atoms. The van der Waals surface area contributed by atoms with E-state index in [9.17, 15) is 14.7 Å². The van der Waals surface area contributed by atoms with E-state index in [2.05, 4.69) is 10.2 Å². The van der Waals surface area contributed by atoms with Crippen molar-refractivity contribution >= 4 is 33.9 Å². The average molecular weight is 498 g/mol. The number of carbonyl (C=O) groups excluding carboxylic acids is 2. The van der Waals surface area contributed by atoms with Gasteiger partial charge in [0, 0.05) is 5.56 Å². The zero-order valence-corrected chi connectivity index (χ0v) is 20.7. The van der Waals surface area contributed by atoms with Crippen molar-refractivity contribution in [3.8, 4) is 11.5 Å². The van der Waals surface area contributed by atoms with Crippen molar-refractivity contribution in [1.29, 1.82) is 0 Å². The van der Waals surface area contributed by atoms with Gasteiger partial charge in [0.1, 0.15) is 22.3 Å². The molecule has 1 fully saturated rings. The molecule has 4 aromatic rings. The molecule has 1 aliphatic heterocycles. The van der Waals surface area contributed by atoms with Crippen LogP contribution in [0, 0.1) is 20.8 Å². The highest BCUT2D eigenvalue weighted by Crippen LogP contribution is 2.44. The van der Waals surface area contributed by atoms with Crippen LogP contribution in [0.5, 0.6) is 11.5 Å². The number of ketones is 1. The number of aliphatic hydroxyl groups is 1. The van der Waals surface area contributed by atoms with Gasteiger partial charge in [-0.2, -0.15) is 0 Å². The predicted octanol–water partition coefficient (Wildman–Crippen LogP) is 5.88. The molecule has 1 unspecified atom stereocenters. The summed E-state index contributed by atoms with van der Waals surface area (Å²) in [6.45, 7) is 5.53. The summed E-state index contributed by atoms with van der Waals surface area (Å²) in [5.74, 6) is -0.584. The fourth-order valence-electron chi connectivity index (χ4n) is 4.24. The molecule has 8 heteroatoms. The third-order valence-electron chi connectivity index (χ3n) is 5.97. The van der Waals surface area contributed by atoms with E-state index < -0.39 is 17.7 Å². The Morgan fingerprint density at radius 1 is 0.917 bits per heavy atom. The third kappa shape index (κ3) is 4.27. The summed E-state index contributed by atoms with van der Waals surface area (Å²) in [7, 11) is 0. The Bertz CT molecular complexity index is 1510. The number of aliphatic hydroxyl groups excluding tert-OH is 1. The second-order valence-corrected chi connectivity index (χ2v) is 9.74. The summed E-state index contributed by atoms with van der Waals surface area (Å²) in [5.41, 5.74) is 2.81. The van der Waals surface area contributed by atoms with E-state index in [4.69, 9.17) is 4.74 Å². The van der Waals surface area contributed by atoms with Gasteiger partial charge < -0.3 is 9.84 Å². The highest BCUT2D eigenvalue weighted by atomic mass is 32.1. The van der Waals surface area contributed by atoms with Crippen molar-refractivity contribution in [1.82, 2.24) is 10.2 Å². The Balaban J connectivity index is 1.69. The zero-order chi connectivity index (χ0) is 25.4. The Kier molecular flexibility index (Phi) is 6.12. The van der Waals surface area contributed by atoms with Gasteiger partial charge in [0.25, 0.3) is 5.78 Å². The summed E-state index contributed by atoms with van der Waals surface area (Å²) in [6.07, 6.45) is 0. The molecule has 1 saturated heterocycles. The van der Waals surface area contributed by atoms with E-state index in [-0.39, 0.29) is 16.5 Å². The first-order chi connectivity index (χ1) is 17.3. The van der Waals surface area contributed by atoms with Crippen molar-refractivity contribution in [3.05, 3.63) is 106 Å². The normalized spacial score (nSPS) is 17.0. The standard InChI is InChI=1S/C28H23N3O4S/c1-16-12-13-17(2)22(14-16)25(32)23-24(31(27(34)26(23)33)28-30-29-18(3)36-28)19-8-7-11-21(15-19)35-20-9-5-4-6-10-20/h4-15,24,32H,1-3H3. The molecule has 180 valence electrons. The van der Waals surface area contributed by atoms with Crippen LogP contribution in [0.4, 0.5) is 5.13 Å². The van der Waals surface area contributed by atoms with Crippen molar-refractivity contribution in [3.63, 3.8) is 0 Å². The maximum atomic E-state index is 13.4. The molecule has 7 nitrogen and oxygen atoms in total. The van der Waals surface area contributed by atoms with Crippen LogP contribution in [-0.2, 0) is 9.59 Å². The Morgan fingerprint density at radius 2 is 1.67 bits per heavy atom. The van der Waals surface area contributed by atoms with Gasteiger partial charge in [-0.15, -0.1) is 10.2 Å². The van der Waals surface area contributed by atoms with E-state index >= 15 is 0 Å². The quantitative estimate of drug-likeness (QED) is 0.210. The lowest BCUT2D eigenvalue weighted by molar-refractivity contribution is -0.132. The monoisotopic (exact) mass is 497 g/mol. The second kappa shape index (κ2) is 9.39. The number of carbonyl (C=O) groups is 2. The van der Waals surface area contributed by atoms with Gasteiger partial charge in [0.15, 0.2) is 0 Å². The number of Topliss-reactive ketones (excluding diaryl/α,β-unsaturated/α-hetero) is 1. The highest BCUT2D eigenvalue weighted by molar-refractivity contribution is 7.15. The van der Waals surface area contributed by atoms with Crippen LogP contribution in [-0.4, -0.2) is 27.0 Å². The number of para-hydroxylation sites is 1. The van der Waals surface area contributed by atoms with Gasteiger partial charge in [-0.3, -0.25) is 14.5 Å². The fourth-order valence-corrected chi connectivity index (χ4v) is 4.95. The predicted molar refractivity (Wildman–Crippen MR) is 138 cm³/mol. The summed E-state index contributed by atoms with van der Waals surface area (Å²) in [4.78, 5) is 28.0. The maximum Gasteiger partial charge on any atom is 0.301 e. The smallest absolute Gasteiger partial charge is 0.301 e. The molecule has 0 radical (unpaired) electrons. The van der Waals surface area contributed by atoms with Crippen LogP contribution in [0.3, 0.4) is 0 Å². The SMILES string of the molecule is Cc1ccc(C)c(C(O)=C2C(=O)C(=O)N(c3nnc(C)s3)C2c2cccc(Oc3ccccc3)c2)c1. The molecule has 0 aliphatic carbocycles. The summed E-state index contributed by atoms with van der Waals surface area (Å²) < 4.78 is 6.00. The molecular formula is C28H23N3O4S. The number of nitrogens with zero attached hydrogens (tertiary/aromatic N) is 3. The Labute approximate surface area is 212 Å². The minimum Gasteiger partial charge on any atom is -0.507 e. The molecule has 0 bridgehead atoms. The number of ether oxygens (including phenoxy) is 1. The Hall–Kier alpha value is -4.30. The average Bonchev–Trinajstić information content (AvgIpc) is 3.41. The van der Waals surface area contributed by atoms with E-state index in [1.807, 2.05) is 56.3 Å². The number of aryl methyl sites for hydroxylation is 3. The topological polar surface area (TPSA) is 92.6 Å². The summed E-state index contributed by atoms with van der Waals surface area (Å²) >= 11 is 1.21.